The number of aryl methyl sites for hydroxylation is 1. The second-order valence-electron chi connectivity index (χ2n) is 3.64. The van der Waals surface area contributed by atoms with Gasteiger partial charge >= 0.3 is 0 Å². The van der Waals surface area contributed by atoms with E-state index in [1.807, 2.05) is 0 Å². The number of nitrogens with one attached hydrogen (secondary N) is 1. The SMILES string of the molecule is Cn1nnnc1NCC1CCCS1(=O)=O. The molecule has 1 aromatic heterocycles. The molecule has 1 aliphatic heterocycles. The molecule has 0 amide bonds. The van der Waals surface area contributed by atoms with Gasteiger partial charge in [0.15, 0.2) is 9.84 Å². The normalized spacial score (nSPS) is 24.2. The van der Waals surface area contributed by atoms with Crippen molar-refractivity contribution in [2.45, 2.75) is 18.1 Å². The number of rotatable bonds is 3. The monoisotopic (exact) mass is 231 g/mol. The van der Waals surface area contributed by atoms with Crippen molar-refractivity contribution >= 4 is 15.8 Å². The molecule has 1 fully saturated rings. The van der Waals surface area contributed by atoms with Gasteiger partial charge in [0, 0.05) is 13.6 Å². The summed E-state index contributed by atoms with van der Waals surface area (Å²) < 4.78 is 24.5. The first-order valence-electron chi connectivity index (χ1n) is 4.77. The number of anilines is 1. The van der Waals surface area contributed by atoms with Gasteiger partial charge in [-0.15, -0.1) is 0 Å². The van der Waals surface area contributed by atoms with Crippen LogP contribution in [0, 0.1) is 0 Å². The largest absolute Gasteiger partial charge is 0.352 e. The van der Waals surface area contributed by atoms with Crippen molar-refractivity contribution in [2.75, 3.05) is 17.6 Å². The number of tetrazole rings is 1. The van der Waals surface area contributed by atoms with E-state index in [-0.39, 0.29) is 5.25 Å². The van der Waals surface area contributed by atoms with E-state index in [0.29, 0.717) is 18.2 Å². The average Bonchev–Trinajstić information content (AvgIpc) is 2.69. The van der Waals surface area contributed by atoms with E-state index in [2.05, 4.69) is 20.8 Å². The third-order valence-corrected chi connectivity index (χ3v) is 4.85. The van der Waals surface area contributed by atoms with Gasteiger partial charge in [-0.1, -0.05) is 5.10 Å². The maximum Gasteiger partial charge on any atom is 0.242 e. The molecule has 7 nitrogen and oxygen atoms in total. The number of hydrogen-bond acceptors (Lipinski definition) is 6. The predicted molar refractivity (Wildman–Crippen MR) is 54.1 cm³/mol. The van der Waals surface area contributed by atoms with Gasteiger partial charge in [-0.3, -0.25) is 0 Å². The lowest BCUT2D eigenvalue weighted by molar-refractivity contribution is 0.591. The van der Waals surface area contributed by atoms with Crippen LogP contribution >= 0.6 is 0 Å². The van der Waals surface area contributed by atoms with Crippen LogP contribution < -0.4 is 5.32 Å². The van der Waals surface area contributed by atoms with Crippen LogP contribution in [0.15, 0.2) is 0 Å². The average molecular weight is 231 g/mol. The first-order chi connectivity index (χ1) is 7.09. The minimum absolute atomic E-state index is 0.297. The van der Waals surface area contributed by atoms with Gasteiger partial charge in [0.2, 0.25) is 5.95 Å². The minimum Gasteiger partial charge on any atom is -0.352 e. The van der Waals surface area contributed by atoms with Gasteiger partial charge in [0.25, 0.3) is 0 Å². The molecule has 15 heavy (non-hydrogen) atoms. The van der Waals surface area contributed by atoms with Crippen molar-refractivity contribution in [3.63, 3.8) is 0 Å². The maximum absolute atomic E-state index is 11.5. The van der Waals surface area contributed by atoms with Crippen molar-refractivity contribution < 1.29 is 8.42 Å². The summed E-state index contributed by atoms with van der Waals surface area (Å²) in [4.78, 5) is 0. The van der Waals surface area contributed by atoms with E-state index in [0.717, 1.165) is 12.8 Å². The highest BCUT2D eigenvalue weighted by Gasteiger charge is 2.31. The van der Waals surface area contributed by atoms with Crippen LogP contribution in [0.4, 0.5) is 5.95 Å². The molecule has 0 aromatic carbocycles. The fourth-order valence-electron chi connectivity index (χ4n) is 1.67. The third kappa shape index (κ3) is 2.09. The first kappa shape index (κ1) is 10.3. The van der Waals surface area contributed by atoms with Crippen molar-refractivity contribution in [3.05, 3.63) is 0 Å². The Bertz CT molecular complexity index is 440. The zero-order valence-corrected chi connectivity index (χ0v) is 9.24. The fraction of sp³-hybridized carbons (Fsp3) is 0.857. The molecule has 1 atom stereocenters. The van der Waals surface area contributed by atoms with Crippen LogP contribution in [0.3, 0.4) is 0 Å². The summed E-state index contributed by atoms with van der Waals surface area (Å²) in [5, 5.41) is 13.5. The van der Waals surface area contributed by atoms with Crippen LogP contribution in [0.5, 0.6) is 0 Å². The molecule has 0 spiro atoms. The van der Waals surface area contributed by atoms with Gasteiger partial charge in [0.1, 0.15) is 0 Å². The second kappa shape index (κ2) is 3.76. The van der Waals surface area contributed by atoms with E-state index in [1.54, 1.807) is 7.05 Å². The Morgan fingerprint density at radius 1 is 1.60 bits per heavy atom. The third-order valence-electron chi connectivity index (χ3n) is 2.57. The van der Waals surface area contributed by atoms with Gasteiger partial charge in [-0.2, -0.15) is 0 Å². The molecule has 8 heteroatoms. The lowest BCUT2D eigenvalue weighted by atomic mass is 10.2. The Morgan fingerprint density at radius 3 is 2.93 bits per heavy atom. The molecule has 1 aliphatic rings. The molecular weight excluding hydrogens is 218 g/mol. The molecule has 0 bridgehead atoms. The van der Waals surface area contributed by atoms with Crippen molar-refractivity contribution in [1.29, 1.82) is 0 Å². The Balaban J connectivity index is 1.97. The molecule has 84 valence electrons. The van der Waals surface area contributed by atoms with Crippen molar-refractivity contribution in [2.24, 2.45) is 7.05 Å². The van der Waals surface area contributed by atoms with Gasteiger partial charge in [0.05, 0.1) is 11.0 Å². The van der Waals surface area contributed by atoms with Crippen LogP contribution in [0.2, 0.25) is 0 Å². The van der Waals surface area contributed by atoms with Gasteiger partial charge in [-0.05, 0) is 23.3 Å². The Labute approximate surface area is 87.8 Å². The second-order valence-corrected chi connectivity index (χ2v) is 6.04. The molecule has 1 unspecified atom stereocenters. The summed E-state index contributed by atoms with van der Waals surface area (Å²) in [6, 6.07) is 0. The van der Waals surface area contributed by atoms with E-state index < -0.39 is 9.84 Å². The van der Waals surface area contributed by atoms with E-state index in [1.165, 1.54) is 4.68 Å². The zero-order valence-electron chi connectivity index (χ0n) is 8.42. The van der Waals surface area contributed by atoms with E-state index >= 15 is 0 Å². The molecule has 1 aromatic rings. The number of aromatic nitrogens is 4. The van der Waals surface area contributed by atoms with Gasteiger partial charge in [-0.25, -0.2) is 13.1 Å². The summed E-state index contributed by atoms with van der Waals surface area (Å²) in [5.41, 5.74) is 0. The molecule has 1 N–H and O–H groups in total. The molecule has 0 radical (unpaired) electrons. The first-order valence-corrected chi connectivity index (χ1v) is 6.49. The van der Waals surface area contributed by atoms with Crippen LogP contribution in [0.1, 0.15) is 12.8 Å². The van der Waals surface area contributed by atoms with Crippen molar-refractivity contribution in [3.8, 4) is 0 Å². The Hall–Kier alpha value is -1.18. The van der Waals surface area contributed by atoms with E-state index in [9.17, 15) is 8.42 Å². The molecular formula is C7H13N5O2S. The summed E-state index contributed by atoms with van der Waals surface area (Å²) in [6.07, 6.45) is 1.48. The topological polar surface area (TPSA) is 89.8 Å². The molecule has 0 saturated carbocycles. The number of nitrogens with zero attached hydrogens (tertiary/aromatic N) is 4. The van der Waals surface area contributed by atoms with Crippen LogP contribution in [-0.2, 0) is 16.9 Å². The zero-order chi connectivity index (χ0) is 10.9. The highest BCUT2D eigenvalue weighted by molar-refractivity contribution is 7.92. The van der Waals surface area contributed by atoms with Crippen LogP contribution in [0.25, 0.3) is 0 Å². The standard InChI is InChI=1S/C7H13N5O2S/c1-12-7(9-10-11-12)8-5-6-3-2-4-15(6,13)14/h6H,2-5H2,1H3,(H,8,9,11). The summed E-state index contributed by atoms with van der Waals surface area (Å²) in [6.45, 7) is 0.385. The Kier molecular flexibility index (Phi) is 2.59. The highest BCUT2D eigenvalue weighted by atomic mass is 32.2. The molecule has 0 aliphatic carbocycles. The summed E-state index contributed by atoms with van der Waals surface area (Å²) in [5.74, 6) is 0.799. The number of sulfone groups is 1. The molecule has 2 rings (SSSR count). The lowest BCUT2D eigenvalue weighted by Crippen LogP contribution is -2.26. The Morgan fingerprint density at radius 2 is 2.40 bits per heavy atom. The summed E-state index contributed by atoms with van der Waals surface area (Å²) in [7, 11) is -1.19. The van der Waals surface area contributed by atoms with Crippen LogP contribution in [-0.4, -0.2) is 46.2 Å². The molecule has 1 saturated heterocycles. The fourth-order valence-corrected chi connectivity index (χ4v) is 3.44. The smallest absolute Gasteiger partial charge is 0.242 e. The predicted octanol–water partition coefficient (Wildman–Crippen LogP) is -0.801. The quantitative estimate of drug-likeness (QED) is 0.732. The van der Waals surface area contributed by atoms with Gasteiger partial charge < -0.3 is 5.32 Å². The van der Waals surface area contributed by atoms with E-state index in [4.69, 9.17) is 0 Å². The maximum atomic E-state index is 11.5. The molecule has 2 heterocycles. The summed E-state index contributed by atoms with van der Waals surface area (Å²) >= 11 is 0. The lowest BCUT2D eigenvalue weighted by Gasteiger charge is -2.09. The highest BCUT2D eigenvalue weighted by Crippen LogP contribution is 2.19. The number of hydrogen-bond donors (Lipinski definition) is 1. The van der Waals surface area contributed by atoms with Crippen molar-refractivity contribution in [1.82, 2.24) is 20.2 Å². The minimum atomic E-state index is -2.89.